The van der Waals surface area contributed by atoms with Crippen LogP contribution in [0.25, 0.3) is 0 Å². The molecule has 0 spiro atoms. The Balaban J connectivity index is 1.95. The van der Waals surface area contributed by atoms with Crippen LogP contribution in [0.3, 0.4) is 0 Å². The third-order valence-corrected chi connectivity index (χ3v) is 5.96. The molecule has 2 heterocycles. The first-order valence-corrected chi connectivity index (χ1v) is 10.4. The molecule has 27 heavy (non-hydrogen) atoms. The number of hydrogen-bond acceptors (Lipinski definition) is 5. The van der Waals surface area contributed by atoms with Gasteiger partial charge in [-0.15, -0.1) is 0 Å². The highest BCUT2D eigenvalue weighted by molar-refractivity contribution is 7.88. The molecule has 0 N–H and O–H groups in total. The van der Waals surface area contributed by atoms with Crippen molar-refractivity contribution in [3.63, 3.8) is 0 Å². The van der Waals surface area contributed by atoms with Gasteiger partial charge in [-0.05, 0) is 24.5 Å². The Morgan fingerprint density at radius 3 is 2.70 bits per heavy atom. The maximum absolute atomic E-state index is 13.1. The van der Waals surface area contributed by atoms with Crippen LogP contribution in [0, 0.1) is 11.3 Å². The summed E-state index contributed by atoms with van der Waals surface area (Å²) >= 11 is 0. The van der Waals surface area contributed by atoms with Crippen molar-refractivity contribution in [2.24, 2.45) is 7.05 Å². The van der Waals surface area contributed by atoms with Crippen LogP contribution in [0.4, 0.5) is 5.82 Å². The summed E-state index contributed by atoms with van der Waals surface area (Å²) in [5.41, 5.74) is 0.980. The molecule has 0 bridgehead atoms. The fraction of sp³-hybridized carbons (Fsp3) is 0.389. The van der Waals surface area contributed by atoms with E-state index in [0.717, 1.165) is 6.26 Å². The van der Waals surface area contributed by atoms with Gasteiger partial charge in [-0.25, -0.2) is 8.42 Å². The molecule has 2 aromatic rings. The van der Waals surface area contributed by atoms with Gasteiger partial charge in [0, 0.05) is 26.2 Å². The van der Waals surface area contributed by atoms with E-state index in [1.807, 2.05) is 0 Å². The Hall–Kier alpha value is -2.70. The Labute approximate surface area is 158 Å². The second-order valence-electron chi connectivity index (χ2n) is 6.54. The summed E-state index contributed by atoms with van der Waals surface area (Å²) in [5.74, 6) is 0.361. The average Bonchev–Trinajstić information content (AvgIpc) is 3.05. The van der Waals surface area contributed by atoms with E-state index >= 15 is 0 Å². The zero-order chi connectivity index (χ0) is 19.6. The largest absolute Gasteiger partial charge is 0.296 e. The Kier molecular flexibility index (Phi) is 5.30. The second-order valence-corrected chi connectivity index (χ2v) is 8.47. The predicted octanol–water partition coefficient (Wildman–Crippen LogP) is 1.25. The van der Waals surface area contributed by atoms with Crippen molar-refractivity contribution in [2.75, 3.05) is 17.7 Å². The highest BCUT2D eigenvalue weighted by Gasteiger charge is 2.39. The standard InChI is InChI=1S/C18H21N5O3S/c1-21-17(9-10-20-21)22-11-5-8-16(18(22)24)23(27(2,25)26)13-15-7-4-3-6-14(15)12-19/h3-4,6-7,9-10,16H,5,8,11,13H2,1-2H3/t16-/m1/s1. The quantitative estimate of drug-likeness (QED) is 0.769. The number of rotatable bonds is 5. The Morgan fingerprint density at radius 2 is 2.07 bits per heavy atom. The van der Waals surface area contributed by atoms with Crippen molar-refractivity contribution in [2.45, 2.75) is 25.4 Å². The number of aryl methyl sites for hydroxylation is 1. The number of carbonyl (C=O) groups is 1. The monoisotopic (exact) mass is 387 g/mol. The van der Waals surface area contributed by atoms with E-state index in [9.17, 15) is 18.5 Å². The third-order valence-electron chi connectivity index (χ3n) is 4.72. The van der Waals surface area contributed by atoms with Crippen LogP contribution in [-0.2, 0) is 28.4 Å². The number of anilines is 1. The van der Waals surface area contributed by atoms with Crippen LogP contribution in [0.2, 0.25) is 0 Å². The molecule has 0 aliphatic carbocycles. The van der Waals surface area contributed by atoms with Crippen molar-refractivity contribution in [3.05, 3.63) is 47.7 Å². The second kappa shape index (κ2) is 7.50. The number of aromatic nitrogens is 2. The van der Waals surface area contributed by atoms with Crippen molar-refractivity contribution >= 4 is 21.7 Å². The molecule has 0 unspecified atom stereocenters. The lowest BCUT2D eigenvalue weighted by atomic mass is 10.0. The van der Waals surface area contributed by atoms with Crippen molar-refractivity contribution < 1.29 is 13.2 Å². The number of amides is 1. The van der Waals surface area contributed by atoms with Gasteiger partial charge < -0.3 is 0 Å². The summed E-state index contributed by atoms with van der Waals surface area (Å²) in [7, 11) is -1.93. The lowest BCUT2D eigenvalue weighted by Gasteiger charge is -2.37. The van der Waals surface area contributed by atoms with Gasteiger partial charge in [-0.3, -0.25) is 14.4 Å². The molecule has 3 rings (SSSR count). The normalized spacial score (nSPS) is 17.9. The smallest absolute Gasteiger partial charge is 0.246 e. The first kappa shape index (κ1) is 19.1. The summed E-state index contributed by atoms with van der Waals surface area (Å²) in [5, 5.41) is 13.4. The summed E-state index contributed by atoms with van der Waals surface area (Å²) in [6.45, 7) is 0.499. The molecule has 1 amide bonds. The average molecular weight is 387 g/mol. The Morgan fingerprint density at radius 1 is 1.33 bits per heavy atom. The molecule has 1 atom stereocenters. The SMILES string of the molecule is Cn1nccc1N1CCC[C@@H](N(Cc2ccccc2C#N)S(C)(=O)=O)C1=O. The minimum atomic E-state index is -3.67. The van der Waals surface area contributed by atoms with Gasteiger partial charge in [-0.2, -0.15) is 14.7 Å². The molecular weight excluding hydrogens is 366 g/mol. The topological polar surface area (TPSA) is 99.3 Å². The lowest BCUT2D eigenvalue weighted by Crippen LogP contribution is -2.54. The van der Waals surface area contributed by atoms with Gasteiger partial charge in [0.15, 0.2) is 0 Å². The molecule has 1 aromatic heterocycles. The molecule has 9 heteroatoms. The van der Waals surface area contributed by atoms with E-state index in [1.54, 1.807) is 53.2 Å². The number of piperidine rings is 1. The molecule has 142 valence electrons. The van der Waals surface area contributed by atoms with Crippen LogP contribution in [0.5, 0.6) is 0 Å². The first-order valence-electron chi connectivity index (χ1n) is 8.57. The maximum Gasteiger partial charge on any atom is 0.246 e. The zero-order valence-electron chi connectivity index (χ0n) is 15.2. The Bertz CT molecular complexity index is 992. The van der Waals surface area contributed by atoms with Gasteiger partial charge in [0.2, 0.25) is 15.9 Å². The van der Waals surface area contributed by atoms with Crippen LogP contribution in [0.15, 0.2) is 36.5 Å². The number of sulfonamides is 1. The first-order chi connectivity index (χ1) is 12.8. The van der Waals surface area contributed by atoms with E-state index in [-0.39, 0.29) is 12.5 Å². The number of hydrogen-bond donors (Lipinski definition) is 0. The van der Waals surface area contributed by atoms with Gasteiger partial charge in [0.25, 0.3) is 0 Å². The molecular formula is C18H21N5O3S. The predicted molar refractivity (Wildman–Crippen MR) is 100 cm³/mol. The molecule has 0 saturated carbocycles. The fourth-order valence-electron chi connectivity index (χ4n) is 3.38. The third kappa shape index (κ3) is 3.86. The number of benzene rings is 1. The van der Waals surface area contributed by atoms with Gasteiger partial charge in [0.1, 0.15) is 11.9 Å². The van der Waals surface area contributed by atoms with Crippen molar-refractivity contribution in [1.82, 2.24) is 14.1 Å². The van der Waals surface area contributed by atoms with Crippen molar-refractivity contribution in [3.8, 4) is 6.07 Å². The molecule has 0 radical (unpaired) electrons. The zero-order valence-corrected chi connectivity index (χ0v) is 16.1. The van der Waals surface area contributed by atoms with Crippen LogP contribution in [-0.4, -0.2) is 47.3 Å². The minimum Gasteiger partial charge on any atom is -0.296 e. The fourth-order valence-corrected chi connectivity index (χ4v) is 4.41. The number of nitrogens with zero attached hydrogens (tertiary/aromatic N) is 5. The molecule has 1 fully saturated rings. The molecule has 8 nitrogen and oxygen atoms in total. The van der Waals surface area contributed by atoms with Gasteiger partial charge in [0.05, 0.1) is 24.1 Å². The lowest BCUT2D eigenvalue weighted by molar-refractivity contribution is -0.123. The molecule has 1 aliphatic rings. The number of carbonyl (C=O) groups excluding carboxylic acids is 1. The van der Waals surface area contributed by atoms with E-state index in [0.29, 0.717) is 36.3 Å². The van der Waals surface area contributed by atoms with E-state index in [1.165, 1.54) is 4.31 Å². The molecule has 1 aromatic carbocycles. The molecule has 1 saturated heterocycles. The van der Waals surface area contributed by atoms with Crippen LogP contribution >= 0.6 is 0 Å². The van der Waals surface area contributed by atoms with Gasteiger partial charge >= 0.3 is 0 Å². The van der Waals surface area contributed by atoms with Gasteiger partial charge in [-0.1, -0.05) is 18.2 Å². The van der Waals surface area contributed by atoms with E-state index in [2.05, 4.69) is 11.2 Å². The highest BCUT2D eigenvalue weighted by atomic mass is 32.2. The van der Waals surface area contributed by atoms with Crippen LogP contribution < -0.4 is 4.90 Å². The maximum atomic E-state index is 13.1. The minimum absolute atomic E-state index is 0.0157. The highest BCUT2D eigenvalue weighted by Crippen LogP contribution is 2.26. The summed E-state index contributed by atoms with van der Waals surface area (Å²) < 4.78 is 27.8. The van der Waals surface area contributed by atoms with E-state index in [4.69, 9.17) is 0 Å². The summed E-state index contributed by atoms with van der Waals surface area (Å²) in [4.78, 5) is 14.7. The van der Waals surface area contributed by atoms with Crippen molar-refractivity contribution in [1.29, 1.82) is 5.26 Å². The van der Waals surface area contributed by atoms with E-state index < -0.39 is 16.1 Å². The molecule has 1 aliphatic heterocycles. The summed E-state index contributed by atoms with van der Waals surface area (Å²) in [6, 6.07) is 9.83. The number of nitriles is 1. The summed E-state index contributed by atoms with van der Waals surface area (Å²) in [6.07, 6.45) is 3.81. The van der Waals surface area contributed by atoms with Crippen LogP contribution in [0.1, 0.15) is 24.0 Å².